The molecule has 2 aromatic rings. The minimum Gasteiger partial charge on any atom is -0.495 e. The first kappa shape index (κ1) is 19.7. The predicted octanol–water partition coefficient (Wildman–Crippen LogP) is 4.44. The molecule has 0 aromatic heterocycles. The number of halogens is 1. The number of ether oxygens (including phenoxy) is 3. The van der Waals surface area contributed by atoms with Gasteiger partial charge in [-0.05, 0) is 36.1 Å². The van der Waals surface area contributed by atoms with Crippen LogP contribution in [0.2, 0.25) is 5.02 Å². The van der Waals surface area contributed by atoms with Gasteiger partial charge in [0.25, 0.3) is 0 Å². The van der Waals surface area contributed by atoms with Crippen LogP contribution in [0.25, 0.3) is 0 Å². The molecule has 2 aliphatic heterocycles. The molecule has 2 heterocycles. The molecular formula is C22H25ClN2O4. The van der Waals surface area contributed by atoms with Crippen molar-refractivity contribution in [3.05, 3.63) is 40.4 Å². The number of methoxy groups -OCH3 is 3. The average molecular weight is 417 g/mol. The van der Waals surface area contributed by atoms with Crippen molar-refractivity contribution in [2.45, 2.75) is 25.2 Å². The summed E-state index contributed by atoms with van der Waals surface area (Å²) in [5.41, 5.74) is 3.69. The van der Waals surface area contributed by atoms with Crippen molar-refractivity contribution in [3.63, 3.8) is 0 Å². The van der Waals surface area contributed by atoms with Crippen LogP contribution < -0.4 is 24.4 Å². The van der Waals surface area contributed by atoms with Gasteiger partial charge in [-0.25, -0.2) is 0 Å². The molecule has 0 saturated carbocycles. The van der Waals surface area contributed by atoms with Crippen molar-refractivity contribution in [2.75, 3.05) is 44.6 Å². The van der Waals surface area contributed by atoms with Crippen LogP contribution in [0.4, 0.5) is 11.4 Å². The van der Waals surface area contributed by atoms with Gasteiger partial charge in [0.2, 0.25) is 5.91 Å². The third kappa shape index (κ3) is 3.46. The van der Waals surface area contributed by atoms with E-state index in [1.807, 2.05) is 18.2 Å². The summed E-state index contributed by atoms with van der Waals surface area (Å²) in [6.45, 7) is 2.01. The second kappa shape index (κ2) is 8.03. The second-order valence-electron chi connectivity index (χ2n) is 7.31. The van der Waals surface area contributed by atoms with Gasteiger partial charge >= 0.3 is 0 Å². The fraction of sp³-hybridized carbons (Fsp3) is 0.409. The molecule has 1 atom stereocenters. The Kier molecular flexibility index (Phi) is 5.46. The Morgan fingerprint density at radius 1 is 1.00 bits per heavy atom. The van der Waals surface area contributed by atoms with Crippen molar-refractivity contribution >= 4 is 28.9 Å². The van der Waals surface area contributed by atoms with Crippen molar-refractivity contribution in [1.82, 2.24) is 0 Å². The summed E-state index contributed by atoms with van der Waals surface area (Å²) in [5.74, 6) is 1.58. The third-order valence-electron chi connectivity index (χ3n) is 5.73. The van der Waals surface area contributed by atoms with E-state index in [0.717, 1.165) is 41.3 Å². The molecule has 1 N–H and O–H groups in total. The Labute approximate surface area is 175 Å². The molecule has 0 radical (unpaired) electrons. The maximum absolute atomic E-state index is 12.5. The van der Waals surface area contributed by atoms with E-state index in [1.165, 1.54) is 12.8 Å². The number of rotatable bonds is 5. The van der Waals surface area contributed by atoms with Crippen LogP contribution in [0, 0.1) is 0 Å². The lowest BCUT2D eigenvalue weighted by Gasteiger charge is -2.30. The summed E-state index contributed by atoms with van der Waals surface area (Å²) in [7, 11) is 4.80. The minimum atomic E-state index is -0.182. The summed E-state index contributed by atoms with van der Waals surface area (Å²) in [6, 6.07) is 7.80. The van der Waals surface area contributed by atoms with E-state index in [0.29, 0.717) is 22.9 Å². The van der Waals surface area contributed by atoms with Gasteiger partial charge in [0.1, 0.15) is 5.75 Å². The smallest absolute Gasteiger partial charge is 0.225 e. The summed E-state index contributed by atoms with van der Waals surface area (Å²) < 4.78 is 16.5. The Morgan fingerprint density at radius 3 is 2.38 bits per heavy atom. The van der Waals surface area contributed by atoms with Gasteiger partial charge in [0.05, 0.1) is 32.0 Å². The highest BCUT2D eigenvalue weighted by Crippen LogP contribution is 2.48. The van der Waals surface area contributed by atoms with Crippen LogP contribution in [-0.2, 0) is 4.79 Å². The molecule has 0 aliphatic carbocycles. The fourth-order valence-corrected chi connectivity index (χ4v) is 4.66. The van der Waals surface area contributed by atoms with E-state index in [4.69, 9.17) is 25.8 Å². The molecule has 1 fully saturated rings. The highest BCUT2D eigenvalue weighted by Gasteiger charge is 2.32. The van der Waals surface area contributed by atoms with Crippen molar-refractivity contribution in [1.29, 1.82) is 0 Å². The summed E-state index contributed by atoms with van der Waals surface area (Å²) >= 11 is 6.69. The molecule has 2 aliphatic rings. The molecule has 1 saturated heterocycles. The molecule has 7 heteroatoms. The van der Waals surface area contributed by atoms with E-state index in [9.17, 15) is 4.79 Å². The van der Waals surface area contributed by atoms with Crippen molar-refractivity contribution in [2.24, 2.45) is 0 Å². The van der Waals surface area contributed by atoms with Crippen LogP contribution >= 0.6 is 11.6 Å². The average Bonchev–Trinajstić information content (AvgIpc) is 3.26. The highest BCUT2D eigenvalue weighted by molar-refractivity contribution is 6.33. The highest BCUT2D eigenvalue weighted by atomic mass is 35.5. The maximum atomic E-state index is 12.5. The molecule has 29 heavy (non-hydrogen) atoms. The minimum absolute atomic E-state index is 0.0515. The summed E-state index contributed by atoms with van der Waals surface area (Å²) in [6.07, 6.45) is 2.65. The van der Waals surface area contributed by atoms with Crippen LogP contribution in [0.15, 0.2) is 24.3 Å². The van der Waals surface area contributed by atoms with Crippen LogP contribution in [0.3, 0.4) is 0 Å². The third-order valence-corrected chi connectivity index (χ3v) is 6.12. The SMILES string of the molecule is COc1cc2c(cc1N1CCCC1)C(c1ccc(OC)c(OC)c1Cl)CC(=O)N2. The Hall–Kier alpha value is -2.60. The standard InChI is InChI=1S/C22H25ClN2O4/c1-27-18-7-6-13(21(23)22(18)29-3)14-11-20(26)24-16-12-19(28-2)17(10-15(14)16)25-8-4-5-9-25/h6-7,10,12,14H,4-5,8-9,11H2,1-3H3,(H,24,26). The zero-order chi connectivity index (χ0) is 20.5. The Morgan fingerprint density at radius 2 is 1.72 bits per heavy atom. The number of benzene rings is 2. The van der Waals surface area contributed by atoms with Gasteiger partial charge in [0, 0.05) is 37.2 Å². The van der Waals surface area contributed by atoms with Crippen LogP contribution in [0.5, 0.6) is 17.2 Å². The number of hydrogen-bond acceptors (Lipinski definition) is 5. The van der Waals surface area contributed by atoms with E-state index >= 15 is 0 Å². The number of amides is 1. The molecule has 6 nitrogen and oxygen atoms in total. The molecule has 1 unspecified atom stereocenters. The van der Waals surface area contributed by atoms with Crippen molar-refractivity contribution in [3.8, 4) is 17.2 Å². The summed E-state index contributed by atoms with van der Waals surface area (Å²) in [5, 5.41) is 3.45. The van der Waals surface area contributed by atoms with Gasteiger partial charge in [-0.2, -0.15) is 0 Å². The van der Waals surface area contributed by atoms with E-state index in [1.54, 1.807) is 21.3 Å². The normalized spacial score (nSPS) is 18.3. The monoisotopic (exact) mass is 416 g/mol. The van der Waals surface area contributed by atoms with Gasteiger partial charge in [0.15, 0.2) is 11.5 Å². The number of nitrogens with zero attached hydrogens (tertiary/aromatic N) is 1. The number of anilines is 2. The predicted molar refractivity (Wildman–Crippen MR) is 114 cm³/mol. The number of carbonyl (C=O) groups is 1. The first-order valence-corrected chi connectivity index (χ1v) is 10.1. The van der Waals surface area contributed by atoms with E-state index in [-0.39, 0.29) is 11.8 Å². The number of hydrogen-bond donors (Lipinski definition) is 1. The maximum Gasteiger partial charge on any atom is 0.225 e. The first-order valence-electron chi connectivity index (χ1n) is 9.74. The van der Waals surface area contributed by atoms with Crippen LogP contribution in [-0.4, -0.2) is 40.3 Å². The quantitative estimate of drug-likeness (QED) is 0.780. The van der Waals surface area contributed by atoms with E-state index < -0.39 is 0 Å². The second-order valence-corrected chi connectivity index (χ2v) is 7.69. The van der Waals surface area contributed by atoms with Gasteiger partial charge in [-0.1, -0.05) is 17.7 Å². The van der Waals surface area contributed by atoms with Crippen LogP contribution in [0.1, 0.15) is 36.3 Å². The van der Waals surface area contributed by atoms with Gasteiger partial charge in [-0.15, -0.1) is 0 Å². The Balaban J connectivity index is 1.85. The van der Waals surface area contributed by atoms with Gasteiger partial charge in [-0.3, -0.25) is 4.79 Å². The zero-order valence-electron chi connectivity index (χ0n) is 16.9. The molecule has 2 aromatic carbocycles. The number of nitrogens with one attached hydrogen (secondary N) is 1. The van der Waals surface area contributed by atoms with Crippen molar-refractivity contribution < 1.29 is 19.0 Å². The van der Waals surface area contributed by atoms with Gasteiger partial charge < -0.3 is 24.4 Å². The molecule has 154 valence electrons. The lowest BCUT2D eigenvalue weighted by Crippen LogP contribution is -2.25. The fourth-order valence-electron chi connectivity index (χ4n) is 4.30. The Bertz CT molecular complexity index is 941. The number of carbonyl (C=O) groups excluding carboxylic acids is 1. The number of fused-ring (bicyclic) bond motifs is 1. The molecule has 4 rings (SSSR count). The molecule has 0 spiro atoms. The largest absolute Gasteiger partial charge is 0.495 e. The topological polar surface area (TPSA) is 60.0 Å². The zero-order valence-corrected chi connectivity index (χ0v) is 17.6. The lowest BCUT2D eigenvalue weighted by atomic mass is 9.84. The first-order chi connectivity index (χ1) is 14.1. The molecular weight excluding hydrogens is 392 g/mol. The summed E-state index contributed by atoms with van der Waals surface area (Å²) in [4.78, 5) is 14.8. The molecule has 1 amide bonds. The van der Waals surface area contributed by atoms with E-state index in [2.05, 4.69) is 16.3 Å². The lowest BCUT2D eigenvalue weighted by molar-refractivity contribution is -0.116. The molecule has 0 bridgehead atoms.